The van der Waals surface area contributed by atoms with Gasteiger partial charge >= 0.3 is 0 Å². The maximum absolute atomic E-state index is 13.1. The molecule has 0 unspecified atom stereocenters. The number of para-hydroxylation sites is 1. The van der Waals surface area contributed by atoms with Crippen LogP contribution in [0.25, 0.3) is 33.5 Å². The van der Waals surface area contributed by atoms with E-state index in [0.717, 1.165) is 45.9 Å². The Balaban J connectivity index is 1.16. The number of amides is 1. The summed E-state index contributed by atoms with van der Waals surface area (Å²) in [4.78, 5) is 20.4. The third-order valence-corrected chi connectivity index (χ3v) is 7.33. The molecule has 0 aliphatic heterocycles. The molecule has 1 aliphatic carbocycles. The fourth-order valence-electron chi connectivity index (χ4n) is 3.85. The van der Waals surface area contributed by atoms with Gasteiger partial charge in [0.1, 0.15) is 5.82 Å². The minimum atomic E-state index is -0.295. The first-order chi connectivity index (χ1) is 16.7. The zero-order valence-corrected chi connectivity index (χ0v) is 19.5. The molecule has 7 nitrogen and oxygen atoms in total. The van der Waals surface area contributed by atoms with Crippen molar-refractivity contribution in [3.8, 4) is 22.6 Å². The van der Waals surface area contributed by atoms with E-state index >= 15 is 0 Å². The first-order valence-corrected chi connectivity index (χ1v) is 12.7. The van der Waals surface area contributed by atoms with Crippen molar-refractivity contribution in [3.05, 3.63) is 65.9 Å². The summed E-state index contributed by atoms with van der Waals surface area (Å²) < 4.78 is 15.3. The number of H-pyrrole nitrogens is 1. The van der Waals surface area contributed by atoms with Gasteiger partial charge in [-0.25, -0.2) is 9.37 Å². The summed E-state index contributed by atoms with van der Waals surface area (Å²) in [5.74, 6) is 0.566. The smallest absolute Gasteiger partial charge is 0.236 e. The molecule has 34 heavy (non-hydrogen) atoms. The van der Waals surface area contributed by atoms with Gasteiger partial charge in [-0.05, 0) is 43.2 Å². The van der Waals surface area contributed by atoms with Crippen molar-refractivity contribution in [2.24, 2.45) is 0 Å². The zero-order chi connectivity index (χ0) is 23.1. The fraction of sp³-hybridized carbons (Fsp3) is 0.167. The van der Waals surface area contributed by atoms with Crippen LogP contribution in [0.4, 0.5) is 9.52 Å². The molecule has 1 amide bonds. The summed E-state index contributed by atoms with van der Waals surface area (Å²) in [5.41, 5.74) is 3.57. The molecule has 10 heteroatoms. The van der Waals surface area contributed by atoms with Crippen LogP contribution in [0, 0.1) is 5.82 Å². The number of aromatic amines is 1. The number of fused-ring (bicyclic) bond motifs is 1. The Hall–Kier alpha value is -3.50. The summed E-state index contributed by atoms with van der Waals surface area (Å²) >= 11 is 2.71. The number of hydrogen-bond acceptors (Lipinski definition) is 6. The largest absolute Gasteiger partial charge is 0.360 e. The van der Waals surface area contributed by atoms with Gasteiger partial charge < -0.3 is 10.3 Å². The van der Waals surface area contributed by atoms with E-state index in [9.17, 15) is 9.18 Å². The summed E-state index contributed by atoms with van der Waals surface area (Å²) in [6.07, 6.45) is 4.13. The lowest BCUT2D eigenvalue weighted by Crippen LogP contribution is -2.14. The van der Waals surface area contributed by atoms with Crippen LogP contribution in [-0.4, -0.2) is 36.4 Å². The Bertz CT molecular complexity index is 1480. The maximum Gasteiger partial charge on any atom is 0.236 e. The molecular weight excluding hydrogens is 471 g/mol. The van der Waals surface area contributed by atoms with Gasteiger partial charge in [-0.1, -0.05) is 30.0 Å². The van der Waals surface area contributed by atoms with Crippen LogP contribution in [0.15, 0.2) is 65.3 Å². The van der Waals surface area contributed by atoms with Crippen LogP contribution in [-0.2, 0) is 4.79 Å². The van der Waals surface area contributed by atoms with E-state index in [4.69, 9.17) is 0 Å². The third-order valence-electron chi connectivity index (χ3n) is 5.63. The number of hydrogen-bond donors (Lipinski definition) is 2. The van der Waals surface area contributed by atoms with E-state index in [0.29, 0.717) is 16.9 Å². The molecule has 1 aliphatic rings. The molecule has 2 N–H and O–H groups in total. The van der Waals surface area contributed by atoms with E-state index in [1.165, 1.54) is 35.2 Å². The average Bonchev–Trinajstić information content (AvgIpc) is 3.24. The predicted octanol–water partition coefficient (Wildman–Crippen LogP) is 5.75. The molecule has 0 bridgehead atoms. The molecule has 0 spiro atoms. The summed E-state index contributed by atoms with van der Waals surface area (Å²) in [5, 5.41) is 15.9. The van der Waals surface area contributed by atoms with Gasteiger partial charge in [0, 0.05) is 39.6 Å². The molecule has 6 rings (SSSR count). The first-order valence-electron chi connectivity index (χ1n) is 10.8. The van der Waals surface area contributed by atoms with Crippen molar-refractivity contribution in [2.75, 3.05) is 11.1 Å². The van der Waals surface area contributed by atoms with Gasteiger partial charge in [0.05, 0.1) is 11.4 Å². The van der Waals surface area contributed by atoms with Crippen LogP contribution in [0.3, 0.4) is 0 Å². The predicted molar refractivity (Wildman–Crippen MR) is 132 cm³/mol. The number of benzene rings is 2. The van der Waals surface area contributed by atoms with E-state index in [1.807, 2.05) is 29.8 Å². The number of carbonyl (C=O) groups is 1. The van der Waals surface area contributed by atoms with Gasteiger partial charge in [-0.15, -0.1) is 21.5 Å². The molecule has 3 aromatic heterocycles. The second kappa shape index (κ2) is 8.69. The lowest BCUT2D eigenvalue weighted by atomic mass is 10.1. The second-order valence-electron chi connectivity index (χ2n) is 8.04. The molecule has 0 saturated heterocycles. The standard InChI is InChI=1S/C24H19FN6OS2/c25-15-7-5-14(6-8-15)20-12-33-23(27-20)28-21(32)13-34-24-30-29-22(31(24)16-9-10-16)18-11-26-19-4-2-1-3-17(18)19/h1-8,11-12,16,26H,9-10,13H2,(H,27,28,32). The van der Waals surface area contributed by atoms with Gasteiger partial charge in [0.25, 0.3) is 0 Å². The van der Waals surface area contributed by atoms with Gasteiger partial charge in [0.15, 0.2) is 16.1 Å². The van der Waals surface area contributed by atoms with E-state index in [1.54, 1.807) is 12.1 Å². The minimum absolute atomic E-state index is 0.163. The highest BCUT2D eigenvalue weighted by atomic mass is 32.2. The monoisotopic (exact) mass is 490 g/mol. The highest BCUT2D eigenvalue weighted by Gasteiger charge is 2.31. The molecule has 0 radical (unpaired) electrons. The normalized spacial score (nSPS) is 13.4. The van der Waals surface area contributed by atoms with Crippen LogP contribution in [0.5, 0.6) is 0 Å². The summed E-state index contributed by atoms with van der Waals surface area (Å²) in [7, 11) is 0. The molecular formula is C24H19FN6OS2. The number of carbonyl (C=O) groups excluding carboxylic acids is 1. The summed E-state index contributed by atoms with van der Waals surface area (Å²) in [6, 6.07) is 14.6. The Morgan fingerprint density at radius 3 is 2.82 bits per heavy atom. The summed E-state index contributed by atoms with van der Waals surface area (Å²) in [6.45, 7) is 0. The Morgan fingerprint density at radius 1 is 1.18 bits per heavy atom. The SMILES string of the molecule is O=C(CSc1nnc(-c2c[nH]c3ccccc23)n1C1CC1)Nc1nc(-c2ccc(F)cc2)cs1. The second-order valence-corrected chi connectivity index (χ2v) is 9.84. The van der Waals surface area contributed by atoms with Crippen molar-refractivity contribution in [1.29, 1.82) is 0 Å². The molecule has 1 fully saturated rings. The van der Waals surface area contributed by atoms with Crippen LogP contribution in [0.2, 0.25) is 0 Å². The molecule has 5 aromatic rings. The van der Waals surface area contributed by atoms with E-state index in [-0.39, 0.29) is 17.5 Å². The first kappa shape index (κ1) is 21.1. The van der Waals surface area contributed by atoms with E-state index in [2.05, 4.69) is 36.1 Å². The number of rotatable bonds is 7. The quantitative estimate of drug-likeness (QED) is 0.283. The molecule has 170 valence electrons. The van der Waals surface area contributed by atoms with Gasteiger partial charge in [0.2, 0.25) is 5.91 Å². The number of thiazole rings is 1. The number of halogens is 1. The van der Waals surface area contributed by atoms with Crippen molar-refractivity contribution < 1.29 is 9.18 Å². The molecule has 2 aromatic carbocycles. The van der Waals surface area contributed by atoms with Crippen molar-refractivity contribution >= 4 is 45.0 Å². The van der Waals surface area contributed by atoms with Crippen LogP contribution < -0.4 is 5.32 Å². The number of aromatic nitrogens is 5. The fourth-order valence-corrected chi connectivity index (χ4v) is 5.39. The van der Waals surface area contributed by atoms with Crippen LogP contribution in [0.1, 0.15) is 18.9 Å². The topological polar surface area (TPSA) is 88.5 Å². The van der Waals surface area contributed by atoms with Crippen molar-refractivity contribution in [3.63, 3.8) is 0 Å². The van der Waals surface area contributed by atoms with Crippen molar-refractivity contribution in [2.45, 2.75) is 24.0 Å². The van der Waals surface area contributed by atoms with Gasteiger partial charge in [-0.2, -0.15) is 0 Å². The van der Waals surface area contributed by atoms with E-state index < -0.39 is 0 Å². The number of thioether (sulfide) groups is 1. The lowest BCUT2D eigenvalue weighted by molar-refractivity contribution is -0.113. The molecule has 0 atom stereocenters. The minimum Gasteiger partial charge on any atom is -0.360 e. The van der Waals surface area contributed by atoms with Crippen LogP contribution >= 0.6 is 23.1 Å². The molecule has 1 saturated carbocycles. The average molecular weight is 491 g/mol. The molecule has 3 heterocycles. The zero-order valence-electron chi connectivity index (χ0n) is 17.9. The number of nitrogens with one attached hydrogen (secondary N) is 2. The lowest BCUT2D eigenvalue weighted by Gasteiger charge is -2.08. The third kappa shape index (κ3) is 4.10. The Morgan fingerprint density at radius 2 is 2.00 bits per heavy atom. The number of anilines is 1. The van der Waals surface area contributed by atoms with Crippen molar-refractivity contribution in [1.82, 2.24) is 24.7 Å². The van der Waals surface area contributed by atoms with Gasteiger partial charge in [-0.3, -0.25) is 9.36 Å². The Labute approximate surface area is 202 Å². The number of nitrogens with zero attached hydrogens (tertiary/aromatic N) is 4. The highest BCUT2D eigenvalue weighted by Crippen LogP contribution is 2.42. The maximum atomic E-state index is 13.1. The Kier molecular flexibility index (Phi) is 5.39. The highest BCUT2D eigenvalue weighted by molar-refractivity contribution is 7.99.